The highest BCUT2D eigenvalue weighted by Crippen LogP contribution is 2.42. The van der Waals surface area contributed by atoms with Crippen LogP contribution in [0.5, 0.6) is 0 Å². The lowest BCUT2D eigenvalue weighted by Crippen LogP contribution is -2.36. The van der Waals surface area contributed by atoms with Gasteiger partial charge in [0.2, 0.25) is 5.91 Å². The summed E-state index contributed by atoms with van der Waals surface area (Å²) >= 11 is 1.79. The van der Waals surface area contributed by atoms with Crippen LogP contribution < -0.4 is 4.90 Å². The van der Waals surface area contributed by atoms with E-state index in [9.17, 15) is 4.79 Å². The van der Waals surface area contributed by atoms with E-state index in [0.717, 1.165) is 44.7 Å². The Labute approximate surface area is 134 Å². The number of aromatic nitrogens is 2. The minimum atomic E-state index is -0.174. The first kappa shape index (κ1) is 14.0. The van der Waals surface area contributed by atoms with Gasteiger partial charge in [-0.25, -0.2) is 0 Å². The molecule has 5 nitrogen and oxygen atoms in total. The van der Waals surface area contributed by atoms with Crippen molar-refractivity contribution in [1.82, 2.24) is 14.7 Å². The first-order valence-corrected chi connectivity index (χ1v) is 8.60. The number of hydrogen-bond donors (Lipinski definition) is 0. The highest BCUT2D eigenvalue weighted by atomic mass is 32.1. The predicted octanol–water partition coefficient (Wildman–Crippen LogP) is 2.11. The van der Waals surface area contributed by atoms with Crippen molar-refractivity contribution in [3.05, 3.63) is 34.8 Å². The molecule has 2 aromatic heterocycles. The van der Waals surface area contributed by atoms with Gasteiger partial charge in [0.05, 0.1) is 17.3 Å². The number of carbonyl (C=O) groups is 1. The Morgan fingerprint density at radius 2 is 2.23 bits per heavy atom. The number of nitrogens with zero attached hydrogens (tertiary/aromatic N) is 4. The quantitative estimate of drug-likeness (QED) is 0.871. The van der Waals surface area contributed by atoms with E-state index in [4.69, 9.17) is 0 Å². The van der Waals surface area contributed by atoms with Gasteiger partial charge in [0, 0.05) is 37.8 Å². The van der Waals surface area contributed by atoms with Crippen molar-refractivity contribution in [3.8, 4) is 0 Å². The van der Waals surface area contributed by atoms with Gasteiger partial charge >= 0.3 is 0 Å². The minimum Gasteiger partial charge on any atom is -0.309 e. The van der Waals surface area contributed by atoms with Gasteiger partial charge in [-0.15, -0.1) is 11.3 Å². The zero-order chi connectivity index (χ0) is 15.2. The van der Waals surface area contributed by atoms with E-state index in [0.29, 0.717) is 0 Å². The van der Waals surface area contributed by atoms with Crippen molar-refractivity contribution in [2.45, 2.75) is 19.4 Å². The molecule has 4 rings (SSSR count). The smallest absolute Gasteiger partial charge is 0.234 e. The number of amides is 1. The van der Waals surface area contributed by atoms with Crippen molar-refractivity contribution in [2.75, 3.05) is 24.5 Å². The summed E-state index contributed by atoms with van der Waals surface area (Å²) in [6, 6.07) is 4.27. The summed E-state index contributed by atoms with van der Waals surface area (Å²) in [6.45, 7) is 3.70. The van der Waals surface area contributed by atoms with Crippen LogP contribution in [-0.4, -0.2) is 40.2 Å². The number of rotatable bonds is 3. The van der Waals surface area contributed by atoms with Gasteiger partial charge in [0.25, 0.3) is 0 Å². The maximum Gasteiger partial charge on any atom is 0.234 e. The zero-order valence-corrected chi connectivity index (χ0v) is 13.6. The van der Waals surface area contributed by atoms with Gasteiger partial charge in [-0.05, 0) is 30.8 Å². The fraction of sp³-hybridized carbons (Fsp3) is 0.500. The molecule has 22 heavy (non-hydrogen) atoms. The second-order valence-corrected chi connectivity index (χ2v) is 7.43. The second-order valence-electron chi connectivity index (χ2n) is 6.40. The van der Waals surface area contributed by atoms with Crippen LogP contribution in [0.25, 0.3) is 0 Å². The molecule has 0 aromatic carbocycles. The molecule has 6 heteroatoms. The van der Waals surface area contributed by atoms with E-state index in [-0.39, 0.29) is 11.3 Å². The van der Waals surface area contributed by atoms with E-state index in [2.05, 4.69) is 27.5 Å². The standard InChI is InChI=1S/C16H20N4OS/c1-18-10-13(9-17-18)20-7-5-16(15(20)21)4-6-19(12-16)11-14-3-2-8-22-14/h2-3,8-10H,4-7,11-12H2,1H3/t16-/m0/s1. The Hall–Kier alpha value is -1.66. The normalized spacial score (nSPS) is 25.7. The number of aryl methyl sites for hydroxylation is 1. The van der Waals surface area contributed by atoms with E-state index in [1.807, 2.05) is 18.1 Å². The summed E-state index contributed by atoms with van der Waals surface area (Å²) in [5, 5.41) is 6.31. The number of carbonyl (C=O) groups excluding carboxylic acids is 1. The van der Waals surface area contributed by atoms with Crippen LogP contribution in [-0.2, 0) is 18.4 Å². The number of thiophene rings is 1. The zero-order valence-electron chi connectivity index (χ0n) is 12.7. The largest absolute Gasteiger partial charge is 0.309 e. The molecule has 1 atom stereocenters. The predicted molar refractivity (Wildman–Crippen MR) is 86.8 cm³/mol. The molecule has 2 saturated heterocycles. The van der Waals surface area contributed by atoms with Gasteiger partial charge in [-0.3, -0.25) is 14.4 Å². The molecular formula is C16H20N4OS. The maximum atomic E-state index is 13.0. The van der Waals surface area contributed by atoms with Crippen molar-refractivity contribution < 1.29 is 4.79 Å². The molecule has 1 spiro atoms. The molecule has 0 radical (unpaired) electrons. The summed E-state index contributed by atoms with van der Waals surface area (Å²) < 4.78 is 1.76. The third kappa shape index (κ3) is 2.27. The third-order valence-electron chi connectivity index (χ3n) is 4.91. The molecule has 4 heterocycles. The first-order chi connectivity index (χ1) is 10.7. The van der Waals surface area contributed by atoms with E-state index < -0.39 is 0 Å². The molecule has 2 fully saturated rings. The van der Waals surface area contributed by atoms with Crippen molar-refractivity contribution >= 4 is 22.9 Å². The van der Waals surface area contributed by atoms with Crippen LogP contribution in [0.15, 0.2) is 29.9 Å². The van der Waals surface area contributed by atoms with E-state index >= 15 is 0 Å². The van der Waals surface area contributed by atoms with Gasteiger partial charge in [-0.1, -0.05) is 6.07 Å². The molecule has 116 valence electrons. The van der Waals surface area contributed by atoms with Crippen LogP contribution in [0.3, 0.4) is 0 Å². The molecule has 2 aliphatic rings. The third-order valence-corrected chi connectivity index (χ3v) is 5.77. The van der Waals surface area contributed by atoms with Gasteiger partial charge < -0.3 is 4.90 Å². The number of anilines is 1. The van der Waals surface area contributed by atoms with E-state index in [1.54, 1.807) is 22.2 Å². The maximum absolute atomic E-state index is 13.0. The summed E-state index contributed by atoms with van der Waals surface area (Å²) in [6.07, 6.45) is 5.65. The lowest BCUT2D eigenvalue weighted by molar-refractivity contribution is -0.125. The van der Waals surface area contributed by atoms with Crippen molar-refractivity contribution in [3.63, 3.8) is 0 Å². The fourth-order valence-corrected chi connectivity index (χ4v) is 4.46. The van der Waals surface area contributed by atoms with Crippen molar-refractivity contribution in [2.24, 2.45) is 12.5 Å². The molecule has 2 aliphatic heterocycles. The molecule has 0 N–H and O–H groups in total. The molecular weight excluding hydrogens is 296 g/mol. The van der Waals surface area contributed by atoms with Gasteiger partial charge in [-0.2, -0.15) is 5.10 Å². The van der Waals surface area contributed by atoms with Gasteiger partial charge in [0.15, 0.2) is 0 Å². The summed E-state index contributed by atoms with van der Waals surface area (Å²) in [4.78, 5) is 18.7. The van der Waals surface area contributed by atoms with Crippen LogP contribution >= 0.6 is 11.3 Å². The lowest BCUT2D eigenvalue weighted by Gasteiger charge is -2.23. The first-order valence-electron chi connectivity index (χ1n) is 7.72. The highest BCUT2D eigenvalue weighted by Gasteiger charge is 2.51. The molecule has 0 saturated carbocycles. The van der Waals surface area contributed by atoms with Crippen LogP contribution in [0, 0.1) is 5.41 Å². The molecule has 0 bridgehead atoms. The van der Waals surface area contributed by atoms with Gasteiger partial charge in [0.1, 0.15) is 0 Å². The average Bonchev–Trinajstić information content (AvgIpc) is 3.25. The monoisotopic (exact) mass is 316 g/mol. The average molecular weight is 316 g/mol. The van der Waals surface area contributed by atoms with E-state index in [1.165, 1.54) is 4.88 Å². The summed E-state index contributed by atoms with van der Waals surface area (Å²) in [7, 11) is 1.89. The topological polar surface area (TPSA) is 41.4 Å². The Kier molecular flexibility index (Phi) is 3.31. The molecule has 1 amide bonds. The molecule has 2 aromatic rings. The fourth-order valence-electron chi connectivity index (χ4n) is 3.71. The second kappa shape index (κ2) is 5.21. The molecule has 0 unspecified atom stereocenters. The Bertz CT molecular complexity index is 680. The molecule has 0 aliphatic carbocycles. The summed E-state index contributed by atoms with van der Waals surface area (Å²) in [5.74, 6) is 0.286. The van der Waals surface area contributed by atoms with Crippen molar-refractivity contribution in [1.29, 1.82) is 0 Å². The number of hydrogen-bond acceptors (Lipinski definition) is 4. The Balaban J connectivity index is 1.48. The number of likely N-dealkylation sites (tertiary alicyclic amines) is 1. The SMILES string of the molecule is Cn1cc(N2CC[C@]3(CCN(Cc4cccs4)C3)C2=O)cn1. The van der Waals surface area contributed by atoms with Crippen LogP contribution in [0.1, 0.15) is 17.7 Å². The Morgan fingerprint density at radius 1 is 1.36 bits per heavy atom. The minimum absolute atomic E-state index is 0.174. The van der Waals surface area contributed by atoms with Crippen LogP contribution in [0.4, 0.5) is 5.69 Å². The van der Waals surface area contributed by atoms with Crippen LogP contribution in [0.2, 0.25) is 0 Å². The highest BCUT2D eigenvalue weighted by molar-refractivity contribution is 7.09. The lowest BCUT2D eigenvalue weighted by atomic mass is 9.85. The Morgan fingerprint density at radius 3 is 2.95 bits per heavy atom. The summed E-state index contributed by atoms with van der Waals surface area (Å²) in [5.41, 5.74) is 0.758.